The number of benzene rings is 1. The summed E-state index contributed by atoms with van der Waals surface area (Å²) in [6, 6.07) is 10.4. The van der Waals surface area contributed by atoms with Gasteiger partial charge in [0, 0.05) is 65.8 Å². The average Bonchev–Trinajstić information content (AvgIpc) is 2.91. The van der Waals surface area contributed by atoms with E-state index in [1.165, 1.54) is 12.1 Å². The fourth-order valence-electron chi connectivity index (χ4n) is 5.23. The summed E-state index contributed by atoms with van der Waals surface area (Å²) < 4.78 is 20.5. The monoisotopic (exact) mass is 515 g/mol. The number of pyridine rings is 3. The number of nitriles is 1. The number of aromatic nitrogens is 3. The molecule has 2 aliphatic rings. The van der Waals surface area contributed by atoms with E-state index in [0.29, 0.717) is 46.2 Å². The number of ether oxygens (including phenoxy) is 1. The summed E-state index contributed by atoms with van der Waals surface area (Å²) in [5.74, 6) is -0.427. The van der Waals surface area contributed by atoms with Crippen molar-refractivity contribution in [1.82, 2.24) is 20.3 Å². The molecule has 10 heteroatoms. The van der Waals surface area contributed by atoms with Crippen LogP contribution in [0.5, 0.6) is 0 Å². The number of nitrogens with two attached hydrogens (primary N) is 1. The summed E-state index contributed by atoms with van der Waals surface area (Å²) in [6.45, 7) is 2.92. The average molecular weight is 516 g/mol. The molecule has 4 aromatic rings. The van der Waals surface area contributed by atoms with Gasteiger partial charge in [-0.1, -0.05) is 11.6 Å². The van der Waals surface area contributed by atoms with Gasteiger partial charge in [-0.2, -0.15) is 5.26 Å². The minimum absolute atomic E-state index is 0.0235. The number of morpholine rings is 1. The van der Waals surface area contributed by atoms with Crippen LogP contribution in [0.3, 0.4) is 0 Å². The Hall–Kier alpha value is -3.84. The second-order valence-corrected chi connectivity index (χ2v) is 9.65. The van der Waals surface area contributed by atoms with Crippen molar-refractivity contribution in [3.8, 4) is 28.5 Å². The van der Waals surface area contributed by atoms with Gasteiger partial charge in [-0.25, -0.2) is 14.4 Å². The number of fused-ring (bicyclic) bond motifs is 2. The van der Waals surface area contributed by atoms with Crippen molar-refractivity contribution in [1.29, 1.82) is 5.26 Å². The third-order valence-electron chi connectivity index (χ3n) is 6.97. The van der Waals surface area contributed by atoms with Crippen molar-refractivity contribution < 1.29 is 9.13 Å². The molecule has 2 aliphatic heterocycles. The summed E-state index contributed by atoms with van der Waals surface area (Å²) in [7, 11) is 0. The molecule has 0 radical (unpaired) electrons. The molecule has 8 nitrogen and oxygen atoms in total. The van der Waals surface area contributed by atoms with E-state index < -0.39 is 5.82 Å². The predicted molar refractivity (Wildman–Crippen MR) is 141 cm³/mol. The molecular formula is C27H23ClFN7O. The molecule has 2 saturated heterocycles. The summed E-state index contributed by atoms with van der Waals surface area (Å²) in [5.41, 5.74) is 10.8. The van der Waals surface area contributed by atoms with E-state index in [9.17, 15) is 9.65 Å². The van der Waals surface area contributed by atoms with E-state index in [0.717, 1.165) is 36.1 Å². The van der Waals surface area contributed by atoms with Gasteiger partial charge < -0.3 is 20.7 Å². The Bertz CT molecular complexity index is 1540. The first-order valence-electron chi connectivity index (χ1n) is 12.0. The number of nitrogen functional groups attached to an aromatic ring is 1. The third kappa shape index (κ3) is 4.33. The van der Waals surface area contributed by atoms with E-state index in [1.54, 1.807) is 30.7 Å². The minimum atomic E-state index is -0.427. The number of rotatable bonds is 3. The first-order chi connectivity index (χ1) is 18.0. The van der Waals surface area contributed by atoms with Crippen molar-refractivity contribution in [2.24, 2.45) is 0 Å². The highest BCUT2D eigenvalue weighted by molar-refractivity contribution is 6.31. The Morgan fingerprint density at radius 1 is 1.16 bits per heavy atom. The molecule has 3 aromatic heterocycles. The van der Waals surface area contributed by atoms with Gasteiger partial charge in [0.15, 0.2) is 5.65 Å². The highest BCUT2D eigenvalue weighted by Gasteiger charge is 2.34. The summed E-state index contributed by atoms with van der Waals surface area (Å²) in [5, 5.41) is 14.0. The maximum Gasteiger partial charge on any atom is 0.161 e. The van der Waals surface area contributed by atoms with Crippen LogP contribution in [0.4, 0.5) is 15.8 Å². The Labute approximate surface area is 217 Å². The van der Waals surface area contributed by atoms with Crippen LogP contribution in [0.25, 0.3) is 33.4 Å². The van der Waals surface area contributed by atoms with E-state index in [2.05, 4.69) is 31.2 Å². The highest BCUT2D eigenvalue weighted by Crippen LogP contribution is 2.40. The molecule has 1 aromatic carbocycles. The van der Waals surface area contributed by atoms with Gasteiger partial charge in [-0.15, -0.1) is 0 Å². The molecule has 2 fully saturated rings. The number of nitrogens with zero attached hydrogens (tertiary/aromatic N) is 5. The second kappa shape index (κ2) is 9.56. The quantitative estimate of drug-likeness (QED) is 0.418. The van der Waals surface area contributed by atoms with Crippen LogP contribution in [-0.4, -0.2) is 53.3 Å². The van der Waals surface area contributed by atoms with Crippen LogP contribution in [0.15, 0.2) is 48.9 Å². The summed E-state index contributed by atoms with van der Waals surface area (Å²) in [6.07, 6.45) is 5.83. The number of hydrogen-bond acceptors (Lipinski definition) is 8. The molecule has 186 valence electrons. The zero-order valence-corrected chi connectivity index (χ0v) is 20.5. The van der Waals surface area contributed by atoms with Crippen molar-refractivity contribution in [2.75, 3.05) is 36.9 Å². The Morgan fingerprint density at radius 2 is 2.03 bits per heavy atom. The van der Waals surface area contributed by atoms with Gasteiger partial charge >= 0.3 is 0 Å². The zero-order valence-electron chi connectivity index (χ0n) is 19.8. The zero-order chi connectivity index (χ0) is 25.5. The van der Waals surface area contributed by atoms with Crippen molar-refractivity contribution in [2.45, 2.75) is 18.6 Å². The largest absolute Gasteiger partial charge is 0.396 e. The number of halogens is 2. The number of nitrogens with one attached hydrogen (secondary N) is 1. The molecule has 2 atom stereocenters. The predicted octanol–water partition coefficient (Wildman–Crippen LogP) is 4.17. The van der Waals surface area contributed by atoms with Gasteiger partial charge in [-0.05, 0) is 42.3 Å². The van der Waals surface area contributed by atoms with Crippen molar-refractivity contribution in [3.63, 3.8) is 0 Å². The van der Waals surface area contributed by atoms with Gasteiger partial charge in [0.2, 0.25) is 0 Å². The van der Waals surface area contributed by atoms with Crippen LogP contribution >= 0.6 is 11.6 Å². The summed E-state index contributed by atoms with van der Waals surface area (Å²) >= 11 is 6.24. The van der Waals surface area contributed by atoms with E-state index in [4.69, 9.17) is 22.1 Å². The smallest absolute Gasteiger partial charge is 0.161 e. The van der Waals surface area contributed by atoms with E-state index in [-0.39, 0.29) is 17.8 Å². The lowest BCUT2D eigenvalue weighted by molar-refractivity contribution is -0.00896. The van der Waals surface area contributed by atoms with Gasteiger partial charge in [0.25, 0.3) is 0 Å². The fourth-order valence-corrected chi connectivity index (χ4v) is 5.46. The Balaban J connectivity index is 1.56. The Kier molecular flexibility index (Phi) is 6.08. The van der Waals surface area contributed by atoms with Gasteiger partial charge in [-0.3, -0.25) is 4.98 Å². The second-order valence-electron chi connectivity index (χ2n) is 9.21. The molecule has 5 heterocycles. The first-order valence-corrected chi connectivity index (χ1v) is 12.4. The van der Waals surface area contributed by atoms with E-state index in [1.807, 2.05) is 6.07 Å². The van der Waals surface area contributed by atoms with Gasteiger partial charge in [0.1, 0.15) is 11.9 Å². The molecule has 0 spiro atoms. The molecule has 0 bridgehead atoms. The number of piperidine rings is 1. The van der Waals surface area contributed by atoms with Crippen LogP contribution in [0.2, 0.25) is 5.02 Å². The maximum absolute atomic E-state index is 14.4. The lowest BCUT2D eigenvalue weighted by Gasteiger charge is -2.43. The lowest BCUT2D eigenvalue weighted by Crippen LogP contribution is -2.57. The van der Waals surface area contributed by atoms with E-state index >= 15 is 0 Å². The van der Waals surface area contributed by atoms with Crippen molar-refractivity contribution >= 4 is 34.0 Å². The molecule has 6 rings (SSSR count). The fraction of sp³-hybridized carbons (Fsp3) is 0.259. The molecule has 0 saturated carbocycles. The topological polar surface area (TPSA) is 113 Å². The van der Waals surface area contributed by atoms with Crippen molar-refractivity contribution in [3.05, 3.63) is 65.3 Å². The van der Waals surface area contributed by atoms with Crippen LogP contribution in [0, 0.1) is 17.1 Å². The first kappa shape index (κ1) is 23.6. The van der Waals surface area contributed by atoms with Crippen LogP contribution < -0.4 is 16.0 Å². The molecule has 37 heavy (non-hydrogen) atoms. The van der Waals surface area contributed by atoms with Crippen LogP contribution in [-0.2, 0) is 4.74 Å². The molecule has 0 unspecified atom stereocenters. The number of anilines is 2. The molecule has 0 aliphatic carbocycles. The lowest BCUT2D eigenvalue weighted by atomic mass is 9.96. The molecule has 0 amide bonds. The molecular weight excluding hydrogens is 493 g/mol. The normalized spacial score (nSPS) is 19.4. The summed E-state index contributed by atoms with van der Waals surface area (Å²) in [4.78, 5) is 15.9. The van der Waals surface area contributed by atoms with Gasteiger partial charge in [0.05, 0.1) is 35.3 Å². The standard InChI is InChI=1S/C27H23ClFN7O/c28-18-7-16(8-19(29)10-18)21-13-35-27-20(26(21)36-5-2-22-23(14-36)37-6-4-32-22)9-17(12-34-27)25-24(31)15(11-30)1-3-33-25/h1,3,7-10,12-13,22-23,32H,2,4-6,14,31H2/t22-,23-/m1/s1. The Morgan fingerprint density at radius 3 is 2.86 bits per heavy atom. The maximum atomic E-state index is 14.4. The minimum Gasteiger partial charge on any atom is -0.396 e. The SMILES string of the molecule is N#Cc1ccnc(-c2cnc3ncc(-c4cc(F)cc(Cl)c4)c(N4CC[C@H]5NCCO[C@@H]5C4)c3c2)c1N. The van der Waals surface area contributed by atoms with Crippen LogP contribution in [0.1, 0.15) is 12.0 Å². The number of hydrogen-bond donors (Lipinski definition) is 2. The molecule has 3 N–H and O–H groups in total. The third-order valence-corrected chi connectivity index (χ3v) is 7.18. The highest BCUT2D eigenvalue weighted by atomic mass is 35.5.